The lowest BCUT2D eigenvalue weighted by molar-refractivity contribution is 0.374. The summed E-state index contributed by atoms with van der Waals surface area (Å²) >= 11 is 0. The Balaban J connectivity index is 1.91. The van der Waals surface area contributed by atoms with Crippen LogP contribution in [0, 0.1) is 0 Å². The van der Waals surface area contributed by atoms with Crippen LogP contribution in [0.5, 0.6) is 0 Å². The number of benzene rings is 1. The van der Waals surface area contributed by atoms with Gasteiger partial charge in [-0.15, -0.1) is 0 Å². The third kappa shape index (κ3) is 4.24. The Morgan fingerprint density at radius 1 is 1.05 bits per heavy atom. The summed E-state index contributed by atoms with van der Waals surface area (Å²) in [7, 11) is 0. The molecule has 0 unspecified atom stereocenters. The van der Waals surface area contributed by atoms with E-state index >= 15 is 0 Å². The summed E-state index contributed by atoms with van der Waals surface area (Å²) in [4.78, 5) is 2.51. The monoisotopic (exact) mass is 260 g/mol. The minimum atomic E-state index is 0.228. The van der Waals surface area contributed by atoms with Crippen LogP contribution < -0.4 is 10.2 Å². The van der Waals surface area contributed by atoms with Crippen LogP contribution in [0.1, 0.15) is 52.0 Å². The van der Waals surface area contributed by atoms with E-state index in [0.29, 0.717) is 0 Å². The van der Waals surface area contributed by atoms with Gasteiger partial charge in [0.05, 0.1) is 0 Å². The molecule has 1 aromatic carbocycles. The zero-order valence-electron chi connectivity index (χ0n) is 12.7. The second-order valence-electron chi connectivity index (χ2n) is 6.31. The first-order valence-corrected chi connectivity index (χ1v) is 7.70. The Bertz CT molecular complexity index is 375. The fourth-order valence-electron chi connectivity index (χ4n) is 2.44. The first-order chi connectivity index (χ1) is 9.11. The zero-order chi connectivity index (χ0) is 13.7. The summed E-state index contributed by atoms with van der Waals surface area (Å²) < 4.78 is 0. The molecule has 106 valence electrons. The number of nitrogens with one attached hydrogen (secondary N) is 1. The molecule has 1 saturated heterocycles. The standard InChI is InChI=1S/C17H28N2/c1-4-17(2,3)18-14-15-8-10-16(11-9-15)19-12-6-5-7-13-19/h8-11,18H,4-7,12-14H2,1-3H3. The normalized spacial score (nSPS) is 16.7. The highest BCUT2D eigenvalue weighted by Gasteiger charge is 2.14. The molecule has 2 rings (SSSR count). The second kappa shape index (κ2) is 6.42. The molecule has 0 spiro atoms. The minimum absolute atomic E-state index is 0.228. The van der Waals surface area contributed by atoms with Gasteiger partial charge in [0, 0.05) is 30.9 Å². The lowest BCUT2D eigenvalue weighted by atomic mass is 10.0. The van der Waals surface area contributed by atoms with Gasteiger partial charge < -0.3 is 10.2 Å². The maximum atomic E-state index is 3.61. The molecule has 0 radical (unpaired) electrons. The smallest absolute Gasteiger partial charge is 0.0366 e. The molecular formula is C17H28N2. The van der Waals surface area contributed by atoms with Gasteiger partial charge >= 0.3 is 0 Å². The van der Waals surface area contributed by atoms with Gasteiger partial charge in [0.15, 0.2) is 0 Å². The van der Waals surface area contributed by atoms with Crippen molar-refractivity contribution in [3.8, 4) is 0 Å². The van der Waals surface area contributed by atoms with Crippen molar-refractivity contribution < 1.29 is 0 Å². The van der Waals surface area contributed by atoms with E-state index in [1.807, 2.05) is 0 Å². The summed E-state index contributed by atoms with van der Waals surface area (Å²) in [6.07, 6.45) is 5.23. The van der Waals surface area contributed by atoms with E-state index in [-0.39, 0.29) is 5.54 Å². The highest BCUT2D eigenvalue weighted by molar-refractivity contribution is 5.47. The Kier molecular flexibility index (Phi) is 4.87. The van der Waals surface area contributed by atoms with Gasteiger partial charge in [-0.25, -0.2) is 0 Å². The first kappa shape index (κ1) is 14.4. The predicted molar refractivity (Wildman–Crippen MR) is 83.7 cm³/mol. The summed E-state index contributed by atoms with van der Waals surface area (Å²) in [6.45, 7) is 10.2. The molecule has 19 heavy (non-hydrogen) atoms. The van der Waals surface area contributed by atoms with Crippen molar-refractivity contribution >= 4 is 5.69 Å². The molecule has 1 fully saturated rings. The predicted octanol–water partition coefficient (Wildman–Crippen LogP) is 3.96. The lowest BCUT2D eigenvalue weighted by Crippen LogP contribution is -2.37. The number of hydrogen-bond acceptors (Lipinski definition) is 2. The Morgan fingerprint density at radius 2 is 1.68 bits per heavy atom. The topological polar surface area (TPSA) is 15.3 Å². The SMILES string of the molecule is CCC(C)(C)NCc1ccc(N2CCCCC2)cc1. The van der Waals surface area contributed by atoms with E-state index in [2.05, 4.69) is 55.3 Å². The number of nitrogens with zero attached hydrogens (tertiary/aromatic N) is 1. The molecular weight excluding hydrogens is 232 g/mol. The van der Waals surface area contributed by atoms with Crippen molar-refractivity contribution in [2.45, 2.75) is 58.5 Å². The average molecular weight is 260 g/mol. The number of anilines is 1. The van der Waals surface area contributed by atoms with Gasteiger partial charge in [-0.05, 0) is 57.2 Å². The van der Waals surface area contributed by atoms with Crippen LogP contribution in [0.3, 0.4) is 0 Å². The molecule has 0 atom stereocenters. The molecule has 0 bridgehead atoms. The minimum Gasteiger partial charge on any atom is -0.372 e. The molecule has 2 heteroatoms. The Labute approximate surface area is 118 Å². The van der Waals surface area contributed by atoms with Gasteiger partial charge in [0.2, 0.25) is 0 Å². The van der Waals surface area contributed by atoms with Crippen LogP contribution in [0.15, 0.2) is 24.3 Å². The Morgan fingerprint density at radius 3 is 2.26 bits per heavy atom. The van der Waals surface area contributed by atoms with Crippen molar-refractivity contribution in [3.63, 3.8) is 0 Å². The molecule has 1 aliphatic heterocycles. The number of rotatable bonds is 5. The van der Waals surface area contributed by atoms with Crippen molar-refractivity contribution in [1.82, 2.24) is 5.32 Å². The fraction of sp³-hybridized carbons (Fsp3) is 0.647. The van der Waals surface area contributed by atoms with Crippen LogP contribution in [0.25, 0.3) is 0 Å². The maximum Gasteiger partial charge on any atom is 0.0366 e. The third-order valence-corrected chi connectivity index (χ3v) is 4.31. The van der Waals surface area contributed by atoms with E-state index in [9.17, 15) is 0 Å². The highest BCUT2D eigenvalue weighted by Crippen LogP contribution is 2.20. The molecule has 1 aromatic rings. The van der Waals surface area contributed by atoms with E-state index in [1.54, 1.807) is 0 Å². The van der Waals surface area contributed by atoms with Crippen molar-refractivity contribution in [1.29, 1.82) is 0 Å². The van der Waals surface area contributed by atoms with Crippen molar-refractivity contribution in [3.05, 3.63) is 29.8 Å². The third-order valence-electron chi connectivity index (χ3n) is 4.31. The maximum absolute atomic E-state index is 3.61. The van der Waals surface area contributed by atoms with Crippen LogP contribution in [-0.2, 0) is 6.54 Å². The Hall–Kier alpha value is -1.02. The van der Waals surface area contributed by atoms with Crippen LogP contribution in [0.2, 0.25) is 0 Å². The van der Waals surface area contributed by atoms with Gasteiger partial charge in [0.25, 0.3) is 0 Å². The second-order valence-corrected chi connectivity index (χ2v) is 6.31. The molecule has 1 heterocycles. The summed E-state index contributed by atoms with van der Waals surface area (Å²) in [5.74, 6) is 0. The summed E-state index contributed by atoms with van der Waals surface area (Å²) in [6, 6.07) is 9.09. The van der Waals surface area contributed by atoms with Gasteiger partial charge in [-0.2, -0.15) is 0 Å². The molecule has 1 N–H and O–H groups in total. The van der Waals surface area contributed by atoms with E-state index < -0.39 is 0 Å². The summed E-state index contributed by atoms with van der Waals surface area (Å²) in [5, 5.41) is 3.61. The zero-order valence-corrected chi connectivity index (χ0v) is 12.7. The lowest BCUT2D eigenvalue weighted by Gasteiger charge is -2.29. The molecule has 0 amide bonds. The fourth-order valence-corrected chi connectivity index (χ4v) is 2.44. The largest absolute Gasteiger partial charge is 0.372 e. The van der Waals surface area contributed by atoms with E-state index in [4.69, 9.17) is 0 Å². The van der Waals surface area contributed by atoms with Gasteiger partial charge in [0.1, 0.15) is 0 Å². The first-order valence-electron chi connectivity index (χ1n) is 7.70. The quantitative estimate of drug-likeness (QED) is 0.862. The molecule has 0 aliphatic carbocycles. The van der Waals surface area contributed by atoms with Crippen LogP contribution in [-0.4, -0.2) is 18.6 Å². The highest BCUT2D eigenvalue weighted by atomic mass is 15.1. The van der Waals surface area contributed by atoms with E-state index in [0.717, 1.165) is 13.0 Å². The molecule has 1 aliphatic rings. The van der Waals surface area contributed by atoms with Gasteiger partial charge in [-0.3, -0.25) is 0 Å². The van der Waals surface area contributed by atoms with Crippen molar-refractivity contribution in [2.24, 2.45) is 0 Å². The number of piperidine rings is 1. The van der Waals surface area contributed by atoms with Crippen LogP contribution in [0.4, 0.5) is 5.69 Å². The average Bonchev–Trinajstić information content (AvgIpc) is 2.47. The molecule has 0 aromatic heterocycles. The van der Waals surface area contributed by atoms with Crippen LogP contribution >= 0.6 is 0 Å². The number of hydrogen-bond donors (Lipinski definition) is 1. The van der Waals surface area contributed by atoms with Crippen molar-refractivity contribution in [2.75, 3.05) is 18.0 Å². The van der Waals surface area contributed by atoms with E-state index in [1.165, 1.54) is 43.6 Å². The molecule has 0 saturated carbocycles. The summed E-state index contributed by atoms with van der Waals surface area (Å²) in [5.41, 5.74) is 2.99. The van der Waals surface area contributed by atoms with Gasteiger partial charge in [-0.1, -0.05) is 19.1 Å². The molecule has 2 nitrogen and oxygen atoms in total.